The SMILES string of the molecule is Cc1cn(N=Cc2cccc(OC(F)(F)F)c2F)c(N)n1. The van der Waals surface area contributed by atoms with Crippen LogP contribution < -0.4 is 10.5 Å². The number of rotatable bonds is 3. The van der Waals surface area contributed by atoms with Gasteiger partial charge in [0, 0.05) is 5.56 Å². The van der Waals surface area contributed by atoms with Gasteiger partial charge in [0.2, 0.25) is 5.95 Å². The zero-order chi connectivity index (χ0) is 15.6. The van der Waals surface area contributed by atoms with Crippen LogP contribution in [0.2, 0.25) is 0 Å². The third-order valence-corrected chi connectivity index (χ3v) is 2.37. The zero-order valence-corrected chi connectivity index (χ0v) is 10.7. The Bertz CT molecular complexity index is 678. The molecule has 2 rings (SSSR count). The van der Waals surface area contributed by atoms with E-state index >= 15 is 0 Å². The van der Waals surface area contributed by atoms with E-state index in [1.165, 1.54) is 23.0 Å². The van der Waals surface area contributed by atoms with E-state index in [1.807, 2.05) is 0 Å². The summed E-state index contributed by atoms with van der Waals surface area (Å²) in [4.78, 5) is 3.87. The lowest BCUT2D eigenvalue weighted by atomic mass is 10.2. The van der Waals surface area contributed by atoms with E-state index in [4.69, 9.17) is 5.73 Å². The third kappa shape index (κ3) is 3.71. The Morgan fingerprint density at radius 2 is 2.10 bits per heavy atom. The summed E-state index contributed by atoms with van der Waals surface area (Å²) < 4.78 is 54.9. The minimum absolute atomic E-state index is 0.0758. The summed E-state index contributed by atoms with van der Waals surface area (Å²) in [6.07, 6.45) is -2.46. The number of aryl methyl sites for hydroxylation is 1. The van der Waals surface area contributed by atoms with Crippen molar-refractivity contribution in [2.24, 2.45) is 5.10 Å². The molecular weight excluding hydrogens is 292 g/mol. The van der Waals surface area contributed by atoms with Gasteiger partial charge in [-0.25, -0.2) is 14.1 Å². The van der Waals surface area contributed by atoms with Crippen molar-refractivity contribution in [3.8, 4) is 5.75 Å². The first kappa shape index (κ1) is 14.8. The van der Waals surface area contributed by atoms with Crippen LogP contribution in [0.1, 0.15) is 11.3 Å². The Morgan fingerprint density at radius 1 is 1.38 bits per heavy atom. The summed E-state index contributed by atoms with van der Waals surface area (Å²) >= 11 is 0. The molecule has 0 saturated heterocycles. The van der Waals surface area contributed by atoms with E-state index in [0.717, 1.165) is 12.3 Å². The normalized spacial score (nSPS) is 12.0. The number of benzene rings is 1. The van der Waals surface area contributed by atoms with Crippen molar-refractivity contribution >= 4 is 12.2 Å². The Morgan fingerprint density at radius 3 is 2.67 bits per heavy atom. The lowest BCUT2D eigenvalue weighted by molar-refractivity contribution is -0.275. The van der Waals surface area contributed by atoms with Crippen molar-refractivity contribution in [3.63, 3.8) is 0 Å². The number of halogens is 4. The average Bonchev–Trinajstić information content (AvgIpc) is 2.67. The highest BCUT2D eigenvalue weighted by Crippen LogP contribution is 2.26. The van der Waals surface area contributed by atoms with E-state index in [0.29, 0.717) is 5.69 Å². The van der Waals surface area contributed by atoms with Crippen molar-refractivity contribution in [1.29, 1.82) is 0 Å². The number of nitrogens with zero attached hydrogens (tertiary/aromatic N) is 3. The van der Waals surface area contributed by atoms with Gasteiger partial charge < -0.3 is 10.5 Å². The molecule has 0 saturated carbocycles. The second-order valence-corrected chi connectivity index (χ2v) is 4.04. The maximum atomic E-state index is 13.8. The Hall–Kier alpha value is -2.58. The maximum absolute atomic E-state index is 13.8. The second kappa shape index (κ2) is 5.43. The molecule has 0 bridgehead atoms. The van der Waals surface area contributed by atoms with Crippen LogP contribution in [-0.2, 0) is 0 Å². The van der Waals surface area contributed by atoms with Gasteiger partial charge in [0.1, 0.15) is 0 Å². The molecule has 0 radical (unpaired) electrons. The van der Waals surface area contributed by atoms with Gasteiger partial charge in [-0.05, 0) is 13.0 Å². The minimum Gasteiger partial charge on any atom is -0.403 e. The first-order chi connectivity index (χ1) is 9.76. The first-order valence-electron chi connectivity index (χ1n) is 5.66. The average molecular weight is 302 g/mol. The van der Waals surface area contributed by atoms with Gasteiger partial charge in [0.15, 0.2) is 11.6 Å². The van der Waals surface area contributed by atoms with Crippen molar-refractivity contribution in [2.45, 2.75) is 13.3 Å². The number of anilines is 1. The van der Waals surface area contributed by atoms with Crippen molar-refractivity contribution in [2.75, 3.05) is 5.73 Å². The molecule has 0 fully saturated rings. The van der Waals surface area contributed by atoms with Crippen molar-refractivity contribution in [3.05, 3.63) is 41.5 Å². The summed E-state index contributed by atoms with van der Waals surface area (Å²) in [5, 5.41) is 3.82. The third-order valence-electron chi connectivity index (χ3n) is 2.37. The monoisotopic (exact) mass is 302 g/mol. The minimum atomic E-state index is -4.97. The van der Waals surface area contributed by atoms with Gasteiger partial charge >= 0.3 is 6.36 Å². The molecule has 0 aliphatic carbocycles. The molecule has 1 aromatic carbocycles. The Balaban J connectivity index is 2.29. The number of alkyl halides is 3. The van der Waals surface area contributed by atoms with Crippen LogP contribution >= 0.6 is 0 Å². The maximum Gasteiger partial charge on any atom is 0.573 e. The number of aromatic nitrogens is 2. The molecule has 0 atom stereocenters. The molecule has 2 aromatic rings. The van der Waals surface area contributed by atoms with Gasteiger partial charge in [-0.2, -0.15) is 5.10 Å². The number of nitrogen functional groups attached to an aromatic ring is 1. The van der Waals surface area contributed by atoms with Gasteiger partial charge in [-0.1, -0.05) is 12.1 Å². The van der Waals surface area contributed by atoms with Crippen LogP contribution in [0.4, 0.5) is 23.5 Å². The molecule has 0 unspecified atom stereocenters. The fraction of sp³-hybridized carbons (Fsp3) is 0.167. The van der Waals surface area contributed by atoms with Crippen LogP contribution in [0.15, 0.2) is 29.5 Å². The number of ether oxygens (including phenoxy) is 1. The predicted octanol–water partition coefficient (Wildman–Crippen LogP) is 2.69. The number of nitrogens with two attached hydrogens (primary N) is 1. The first-order valence-corrected chi connectivity index (χ1v) is 5.66. The molecule has 112 valence electrons. The largest absolute Gasteiger partial charge is 0.573 e. The molecule has 5 nitrogen and oxygen atoms in total. The topological polar surface area (TPSA) is 65.4 Å². The number of hydrogen-bond donors (Lipinski definition) is 1. The Labute approximate surface area is 116 Å². The van der Waals surface area contributed by atoms with E-state index in [2.05, 4.69) is 14.8 Å². The molecule has 1 heterocycles. The molecule has 0 spiro atoms. The summed E-state index contributed by atoms with van der Waals surface area (Å²) in [5.74, 6) is -2.03. The summed E-state index contributed by atoms with van der Waals surface area (Å²) in [7, 11) is 0. The van der Waals surface area contributed by atoms with Crippen LogP contribution in [0.5, 0.6) is 5.75 Å². The summed E-state index contributed by atoms with van der Waals surface area (Å²) in [5.41, 5.74) is 5.95. The van der Waals surface area contributed by atoms with E-state index in [1.54, 1.807) is 6.92 Å². The lowest BCUT2D eigenvalue weighted by Gasteiger charge is -2.10. The molecule has 1 aromatic heterocycles. The molecular formula is C12H10F4N4O. The van der Waals surface area contributed by atoms with Crippen molar-refractivity contribution < 1.29 is 22.3 Å². The van der Waals surface area contributed by atoms with Crippen molar-refractivity contribution in [1.82, 2.24) is 9.66 Å². The van der Waals surface area contributed by atoms with Crippen LogP contribution in [0, 0.1) is 12.7 Å². The van der Waals surface area contributed by atoms with Crippen LogP contribution in [-0.4, -0.2) is 22.2 Å². The molecule has 9 heteroatoms. The fourth-order valence-electron chi connectivity index (χ4n) is 1.55. The lowest BCUT2D eigenvalue weighted by Crippen LogP contribution is -2.18. The highest BCUT2D eigenvalue weighted by molar-refractivity contribution is 5.80. The highest BCUT2D eigenvalue weighted by Gasteiger charge is 2.32. The smallest absolute Gasteiger partial charge is 0.403 e. The Kier molecular flexibility index (Phi) is 3.83. The molecule has 0 amide bonds. The van der Waals surface area contributed by atoms with E-state index in [-0.39, 0.29) is 11.5 Å². The van der Waals surface area contributed by atoms with Crippen LogP contribution in [0.25, 0.3) is 0 Å². The van der Waals surface area contributed by atoms with Crippen LogP contribution in [0.3, 0.4) is 0 Å². The van der Waals surface area contributed by atoms with Gasteiger partial charge in [0.05, 0.1) is 18.1 Å². The summed E-state index contributed by atoms with van der Waals surface area (Å²) in [6.45, 7) is 1.68. The highest BCUT2D eigenvalue weighted by atomic mass is 19.4. The zero-order valence-electron chi connectivity index (χ0n) is 10.7. The van der Waals surface area contributed by atoms with Gasteiger partial charge in [-0.3, -0.25) is 0 Å². The van der Waals surface area contributed by atoms with Gasteiger partial charge in [-0.15, -0.1) is 13.2 Å². The predicted molar refractivity (Wildman–Crippen MR) is 67.5 cm³/mol. The standard InChI is InChI=1S/C12H10F4N4O/c1-7-6-20(11(17)19-7)18-5-8-3-2-4-9(10(8)13)21-12(14,15)16/h2-6H,1H3,(H2,17,19). The molecule has 2 N–H and O–H groups in total. The molecule has 21 heavy (non-hydrogen) atoms. The second-order valence-electron chi connectivity index (χ2n) is 4.04. The van der Waals surface area contributed by atoms with E-state index < -0.39 is 17.9 Å². The summed E-state index contributed by atoms with van der Waals surface area (Å²) in [6, 6.07) is 3.34. The quantitative estimate of drug-likeness (QED) is 0.700. The number of hydrogen-bond acceptors (Lipinski definition) is 4. The molecule has 0 aliphatic rings. The number of imidazole rings is 1. The molecule has 0 aliphatic heterocycles. The van der Waals surface area contributed by atoms with E-state index in [9.17, 15) is 17.6 Å². The fourth-order valence-corrected chi connectivity index (χ4v) is 1.55. The van der Waals surface area contributed by atoms with Gasteiger partial charge in [0.25, 0.3) is 0 Å².